The van der Waals surface area contributed by atoms with Crippen LogP contribution in [-0.2, 0) is 6.54 Å². The number of rotatable bonds is 4. The number of oxime groups is 1. The largest absolute Gasteiger partial charge is 0.409 e. The highest BCUT2D eigenvalue weighted by Crippen LogP contribution is 2.08. The van der Waals surface area contributed by atoms with E-state index < -0.39 is 0 Å². The maximum absolute atomic E-state index is 12.4. The molecule has 2 heterocycles. The monoisotopic (exact) mass is 290 g/mol. The molecule has 2 rings (SSSR count). The predicted molar refractivity (Wildman–Crippen MR) is 77.5 cm³/mol. The zero-order valence-electron chi connectivity index (χ0n) is 12.2. The second kappa shape index (κ2) is 5.78. The van der Waals surface area contributed by atoms with Crippen LogP contribution in [-0.4, -0.2) is 30.4 Å². The predicted octanol–water partition coefficient (Wildman–Crippen LogP) is 0.472. The third kappa shape index (κ3) is 2.78. The molecule has 0 radical (unpaired) electrons. The first kappa shape index (κ1) is 14.8. The Morgan fingerprint density at radius 1 is 1.48 bits per heavy atom. The summed E-state index contributed by atoms with van der Waals surface area (Å²) in [6.07, 6.45) is 1.46. The Labute approximate surface area is 121 Å². The Morgan fingerprint density at radius 2 is 2.19 bits per heavy atom. The third-order valence-corrected chi connectivity index (χ3v) is 3.21. The lowest BCUT2D eigenvalue weighted by Crippen LogP contribution is -2.32. The maximum atomic E-state index is 12.4. The minimum absolute atomic E-state index is 0.144. The highest BCUT2D eigenvalue weighted by Gasteiger charge is 2.14. The van der Waals surface area contributed by atoms with Crippen molar-refractivity contribution in [2.24, 2.45) is 10.9 Å². The van der Waals surface area contributed by atoms with Gasteiger partial charge in [0.05, 0.1) is 12.1 Å². The molecule has 0 atom stereocenters. The summed E-state index contributed by atoms with van der Waals surface area (Å²) in [5.74, 6) is 0.464. The number of nitrogens with zero attached hydrogens (tertiary/aromatic N) is 5. The fourth-order valence-corrected chi connectivity index (χ4v) is 2.08. The first-order chi connectivity index (χ1) is 9.95. The SMILES string of the molecule is Cc1ccc(/C(N)=N/O)c(=O)n1Cc1ncnn1C(C)C. The Balaban J connectivity index is 2.49. The Bertz CT molecular complexity index is 729. The average molecular weight is 290 g/mol. The molecule has 0 saturated heterocycles. The van der Waals surface area contributed by atoms with E-state index in [4.69, 9.17) is 10.9 Å². The minimum atomic E-state index is -0.330. The molecule has 2 aromatic heterocycles. The van der Waals surface area contributed by atoms with Gasteiger partial charge in [0.15, 0.2) is 5.84 Å². The van der Waals surface area contributed by atoms with E-state index in [0.717, 1.165) is 5.69 Å². The van der Waals surface area contributed by atoms with Crippen molar-refractivity contribution in [2.75, 3.05) is 0 Å². The molecule has 8 heteroatoms. The molecule has 0 unspecified atom stereocenters. The molecule has 0 fully saturated rings. The molecule has 0 saturated carbocycles. The molecule has 0 amide bonds. The zero-order valence-corrected chi connectivity index (χ0v) is 12.2. The lowest BCUT2D eigenvalue weighted by Gasteiger charge is -2.13. The van der Waals surface area contributed by atoms with Crippen molar-refractivity contribution in [1.29, 1.82) is 0 Å². The first-order valence-electron chi connectivity index (χ1n) is 6.52. The quantitative estimate of drug-likeness (QED) is 0.368. The van der Waals surface area contributed by atoms with Crippen LogP contribution in [0.15, 0.2) is 28.4 Å². The summed E-state index contributed by atoms with van der Waals surface area (Å²) in [5, 5.41) is 15.8. The van der Waals surface area contributed by atoms with Crippen LogP contribution in [0.4, 0.5) is 0 Å². The molecule has 2 aromatic rings. The second-order valence-electron chi connectivity index (χ2n) is 4.98. The standard InChI is InChI=1S/C13H18N6O2/c1-8(2)19-11(15-7-16-19)6-18-9(3)4-5-10(13(18)20)12(14)17-21/h4-5,7-8,21H,6H2,1-3H3,(H2,14,17). The molecule has 112 valence electrons. The van der Waals surface area contributed by atoms with Gasteiger partial charge in [0.2, 0.25) is 0 Å². The highest BCUT2D eigenvalue weighted by molar-refractivity contribution is 5.96. The zero-order chi connectivity index (χ0) is 15.6. The molecule has 0 aliphatic rings. The van der Waals surface area contributed by atoms with Crippen molar-refractivity contribution < 1.29 is 5.21 Å². The first-order valence-corrected chi connectivity index (χ1v) is 6.52. The summed E-state index contributed by atoms with van der Waals surface area (Å²) in [6, 6.07) is 3.42. The number of pyridine rings is 1. The molecular weight excluding hydrogens is 272 g/mol. The van der Waals surface area contributed by atoms with Gasteiger partial charge in [-0.25, -0.2) is 9.67 Å². The maximum Gasteiger partial charge on any atom is 0.262 e. The van der Waals surface area contributed by atoms with Gasteiger partial charge >= 0.3 is 0 Å². The van der Waals surface area contributed by atoms with Crippen molar-refractivity contribution in [3.8, 4) is 0 Å². The van der Waals surface area contributed by atoms with E-state index in [1.165, 1.54) is 17.0 Å². The summed E-state index contributed by atoms with van der Waals surface area (Å²) >= 11 is 0. The molecule has 8 nitrogen and oxygen atoms in total. The summed E-state index contributed by atoms with van der Waals surface area (Å²) < 4.78 is 3.28. The molecule has 0 aliphatic heterocycles. The highest BCUT2D eigenvalue weighted by atomic mass is 16.4. The van der Waals surface area contributed by atoms with Crippen LogP contribution < -0.4 is 11.3 Å². The van der Waals surface area contributed by atoms with E-state index in [9.17, 15) is 4.79 Å². The van der Waals surface area contributed by atoms with Crippen LogP contribution in [0, 0.1) is 6.92 Å². The minimum Gasteiger partial charge on any atom is -0.409 e. The van der Waals surface area contributed by atoms with E-state index in [1.807, 2.05) is 20.8 Å². The van der Waals surface area contributed by atoms with Gasteiger partial charge in [-0.3, -0.25) is 4.79 Å². The molecular formula is C13H18N6O2. The van der Waals surface area contributed by atoms with E-state index in [0.29, 0.717) is 5.82 Å². The number of aromatic nitrogens is 4. The summed E-state index contributed by atoms with van der Waals surface area (Å²) in [4.78, 5) is 16.6. The van der Waals surface area contributed by atoms with Crippen molar-refractivity contribution in [1.82, 2.24) is 19.3 Å². The smallest absolute Gasteiger partial charge is 0.262 e. The summed E-state index contributed by atoms with van der Waals surface area (Å²) in [7, 11) is 0. The number of amidine groups is 1. The van der Waals surface area contributed by atoms with Crippen LogP contribution in [0.5, 0.6) is 0 Å². The van der Waals surface area contributed by atoms with Crippen LogP contribution >= 0.6 is 0 Å². The van der Waals surface area contributed by atoms with Crippen LogP contribution in [0.25, 0.3) is 0 Å². The number of aryl methyl sites for hydroxylation is 1. The van der Waals surface area contributed by atoms with E-state index >= 15 is 0 Å². The van der Waals surface area contributed by atoms with E-state index in [2.05, 4.69) is 15.2 Å². The van der Waals surface area contributed by atoms with Gasteiger partial charge in [-0.1, -0.05) is 5.16 Å². The molecule has 21 heavy (non-hydrogen) atoms. The Hall–Kier alpha value is -2.64. The number of hydrogen-bond donors (Lipinski definition) is 2. The van der Waals surface area contributed by atoms with Crippen molar-refractivity contribution in [2.45, 2.75) is 33.4 Å². The normalized spacial score (nSPS) is 12.1. The molecule has 0 aliphatic carbocycles. The Kier molecular flexibility index (Phi) is 4.06. The van der Waals surface area contributed by atoms with Gasteiger partial charge in [-0.05, 0) is 32.9 Å². The van der Waals surface area contributed by atoms with Gasteiger partial charge in [-0.2, -0.15) is 5.10 Å². The number of nitrogens with two attached hydrogens (primary N) is 1. The van der Waals surface area contributed by atoms with Crippen molar-refractivity contribution in [3.05, 3.63) is 45.9 Å². The fraction of sp³-hybridized carbons (Fsp3) is 0.385. The van der Waals surface area contributed by atoms with Gasteiger partial charge in [0, 0.05) is 11.7 Å². The van der Waals surface area contributed by atoms with Gasteiger partial charge < -0.3 is 15.5 Å². The fourth-order valence-electron chi connectivity index (χ4n) is 2.08. The lowest BCUT2D eigenvalue weighted by atomic mass is 10.2. The average Bonchev–Trinajstić information content (AvgIpc) is 2.91. The second-order valence-corrected chi connectivity index (χ2v) is 4.98. The van der Waals surface area contributed by atoms with Crippen LogP contribution in [0.1, 0.15) is 37.0 Å². The molecule has 0 bridgehead atoms. The summed E-state index contributed by atoms with van der Waals surface area (Å²) in [5.41, 5.74) is 6.10. The molecule has 3 N–H and O–H groups in total. The van der Waals surface area contributed by atoms with Crippen molar-refractivity contribution in [3.63, 3.8) is 0 Å². The number of hydrogen-bond acceptors (Lipinski definition) is 5. The van der Waals surface area contributed by atoms with E-state index in [-0.39, 0.29) is 29.5 Å². The van der Waals surface area contributed by atoms with Crippen LogP contribution in [0.2, 0.25) is 0 Å². The topological polar surface area (TPSA) is 111 Å². The van der Waals surface area contributed by atoms with Gasteiger partial charge in [-0.15, -0.1) is 0 Å². The lowest BCUT2D eigenvalue weighted by molar-refractivity contribution is 0.318. The van der Waals surface area contributed by atoms with E-state index in [1.54, 1.807) is 10.7 Å². The van der Waals surface area contributed by atoms with Gasteiger partial charge in [0.25, 0.3) is 5.56 Å². The van der Waals surface area contributed by atoms with Crippen LogP contribution in [0.3, 0.4) is 0 Å². The third-order valence-electron chi connectivity index (χ3n) is 3.21. The Morgan fingerprint density at radius 3 is 2.81 bits per heavy atom. The molecule has 0 aromatic carbocycles. The molecule has 0 spiro atoms. The van der Waals surface area contributed by atoms with Crippen molar-refractivity contribution >= 4 is 5.84 Å². The van der Waals surface area contributed by atoms with Gasteiger partial charge in [0.1, 0.15) is 12.2 Å². The summed E-state index contributed by atoms with van der Waals surface area (Å²) in [6.45, 7) is 6.06.